The smallest absolute Gasteiger partial charge is 0.154 e. The summed E-state index contributed by atoms with van der Waals surface area (Å²) in [6.45, 7) is 3.33. The predicted octanol–water partition coefficient (Wildman–Crippen LogP) is 3.80. The molecule has 0 fully saturated rings. The van der Waals surface area contributed by atoms with Crippen molar-refractivity contribution < 1.29 is 0 Å². The van der Waals surface area contributed by atoms with Crippen LogP contribution in [0.5, 0.6) is 0 Å². The molecule has 0 aliphatic carbocycles. The van der Waals surface area contributed by atoms with Gasteiger partial charge >= 0.3 is 0 Å². The fraction of sp³-hybridized carbons (Fsp3) is 0.150. The number of aromatic nitrogens is 4. The number of nitrogens with one attached hydrogen (secondary N) is 1. The molecule has 5 nitrogen and oxygen atoms in total. The van der Waals surface area contributed by atoms with Crippen LogP contribution in [-0.4, -0.2) is 19.5 Å². The van der Waals surface area contributed by atoms with E-state index in [-0.39, 0.29) is 0 Å². The first-order chi connectivity index (χ1) is 12.3. The zero-order valence-corrected chi connectivity index (χ0v) is 14.1. The Balaban J connectivity index is 1.68. The molecule has 0 saturated heterocycles. The number of nitrogens with zero attached hydrogens (tertiary/aromatic N) is 4. The largest absolute Gasteiger partial charge is 0.363 e. The molecule has 0 unspecified atom stereocenters. The minimum Gasteiger partial charge on any atom is -0.363 e. The summed E-state index contributed by atoms with van der Waals surface area (Å²) < 4.78 is 2.19. The van der Waals surface area contributed by atoms with Gasteiger partial charge < -0.3 is 9.88 Å². The van der Waals surface area contributed by atoms with E-state index in [1.807, 2.05) is 37.3 Å². The molecule has 25 heavy (non-hydrogen) atoms. The summed E-state index contributed by atoms with van der Waals surface area (Å²) in [6.07, 6.45) is 3.87. The average Bonchev–Trinajstić information content (AvgIpc) is 3.04. The Morgan fingerprint density at radius 1 is 0.960 bits per heavy atom. The van der Waals surface area contributed by atoms with Crippen molar-refractivity contribution in [2.75, 3.05) is 5.32 Å². The van der Waals surface area contributed by atoms with Crippen LogP contribution in [0, 0.1) is 6.92 Å². The molecule has 3 heterocycles. The van der Waals surface area contributed by atoms with Gasteiger partial charge in [0.1, 0.15) is 11.3 Å². The third kappa shape index (κ3) is 3.35. The Kier molecular flexibility index (Phi) is 4.12. The van der Waals surface area contributed by atoms with Crippen molar-refractivity contribution in [1.29, 1.82) is 0 Å². The molecule has 3 aromatic heterocycles. The van der Waals surface area contributed by atoms with Crippen LogP contribution in [0.2, 0.25) is 0 Å². The second kappa shape index (κ2) is 6.73. The molecular weight excluding hydrogens is 310 g/mol. The number of pyridine rings is 1. The lowest BCUT2D eigenvalue weighted by Gasteiger charge is -2.11. The molecule has 0 radical (unpaired) electrons. The molecule has 124 valence electrons. The van der Waals surface area contributed by atoms with Crippen LogP contribution >= 0.6 is 0 Å². The Morgan fingerprint density at radius 3 is 2.60 bits per heavy atom. The van der Waals surface area contributed by atoms with Gasteiger partial charge in [-0.1, -0.05) is 36.4 Å². The Morgan fingerprint density at radius 2 is 1.80 bits per heavy atom. The minimum atomic E-state index is 0.628. The second-order valence-corrected chi connectivity index (χ2v) is 5.96. The lowest BCUT2D eigenvalue weighted by molar-refractivity contribution is 0.832. The summed E-state index contributed by atoms with van der Waals surface area (Å²) >= 11 is 0. The fourth-order valence-corrected chi connectivity index (χ4v) is 2.93. The first-order valence-electron chi connectivity index (χ1n) is 8.31. The summed E-state index contributed by atoms with van der Waals surface area (Å²) in [5.74, 6) is 1.60. The van der Waals surface area contributed by atoms with E-state index in [0.29, 0.717) is 6.54 Å². The quantitative estimate of drug-likeness (QED) is 0.605. The van der Waals surface area contributed by atoms with Crippen LogP contribution in [-0.2, 0) is 13.1 Å². The van der Waals surface area contributed by atoms with Crippen molar-refractivity contribution in [3.8, 4) is 0 Å². The van der Waals surface area contributed by atoms with E-state index >= 15 is 0 Å². The van der Waals surface area contributed by atoms with E-state index in [4.69, 9.17) is 0 Å². The average molecular weight is 329 g/mol. The van der Waals surface area contributed by atoms with Crippen LogP contribution in [0.1, 0.15) is 17.1 Å². The number of benzene rings is 1. The third-order valence-corrected chi connectivity index (χ3v) is 4.08. The summed E-state index contributed by atoms with van der Waals surface area (Å²) in [5.41, 5.74) is 4.20. The van der Waals surface area contributed by atoms with Gasteiger partial charge in [-0.25, -0.2) is 9.97 Å². The number of hydrogen-bond acceptors (Lipinski definition) is 4. The van der Waals surface area contributed by atoms with E-state index in [2.05, 4.69) is 55.3 Å². The predicted molar refractivity (Wildman–Crippen MR) is 99.4 cm³/mol. The molecule has 0 aliphatic heterocycles. The lowest BCUT2D eigenvalue weighted by atomic mass is 10.2. The zero-order valence-electron chi connectivity index (χ0n) is 14.1. The molecule has 5 heteroatoms. The summed E-state index contributed by atoms with van der Waals surface area (Å²) in [4.78, 5) is 13.5. The van der Waals surface area contributed by atoms with Crippen molar-refractivity contribution in [2.24, 2.45) is 0 Å². The van der Waals surface area contributed by atoms with Crippen LogP contribution in [0.3, 0.4) is 0 Å². The van der Waals surface area contributed by atoms with Gasteiger partial charge in [-0.3, -0.25) is 4.98 Å². The first kappa shape index (κ1) is 15.3. The van der Waals surface area contributed by atoms with Crippen molar-refractivity contribution in [2.45, 2.75) is 20.0 Å². The molecule has 4 rings (SSSR count). The van der Waals surface area contributed by atoms with Gasteiger partial charge in [0.25, 0.3) is 0 Å². The third-order valence-electron chi connectivity index (χ3n) is 4.08. The first-order valence-corrected chi connectivity index (χ1v) is 8.31. The van der Waals surface area contributed by atoms with Gasteiger partial charge in [0.05, 0.1) is 17.8 Å². The monoisotopic (exact) mass is 329 g/mol. The van der Waals surface area contributed by atoms with E-state index in [1.165, 1.54) is 5.56 Å². The minimum absolute atomic E-state index is 0.628. The maximum Gasteiger partial charge on any atom is 0.154 e. The summed E-state index contributed by atoms with van der Waals surface area (Å²) in [5, 5.41) is 3.42. The van der Waals surface area contributed by atoms with Crippen molar-refractivity contribution in [1.82, 2.24) is 19.5 Å². The number of hydrogen-bond donors (Lipinski definition) is 1. The Labute approximate surface area is 146 Å². The van der Waals surface area contributed by atoms with Crippen molar-refractivity contribution in [3.63, 3.8) is 0 Å². The van der Waals surface area contributed by atoms with Crippen LogP contribution in [0.25, 0.3) is 11.0 Å². The van der Waals surface area contributed by atoms with Crippen LogP contribution in [0.15, 0.2) is 67.0 Å². The summed E-state index contributed by atoms with van der Waals surface area (Å²) in [7, 11) is 0. The van der Waals surface area contributed by atoms with Crippen LogP contribution in [0.4, 0.5) is 5.82 Å². The molecule has 1 N–H and O–H groups in total. The molecule has 0 saturated carbocycles. The second-order valence-electron chi connectivity index (χ2n) is 5.96. The maximum absolute atomic E-state index is 4.62. The Hall–Kier alpha value is -3.21. The van der Waals surface area contributed by atoms with Gasteiger partial charge in [-0.2, -0.15) is 0 Å². The highest BCUT2D eigenvalue weighted by Crippen LogP contribution is 2.23. The molecule has 1 aromatic carbocycles. The molecule has 0 amide bonds. The normalized spacial score (nSPS) is 10.9. The number of aryl methyl sites for hydroxylation is 1. The molecule has 0 aliphatic rings. The fourth-order valence-electron chi connectivity index (χ4n) is 2.93. The lowest BCUT2D eigenvalue weighted by Crippen LogP contribution is -2.08. The van der Waals surface area contributed by atoms with E-state index in [0.717, 1.165) is 34.9 Å². The van der Waals surface area contributed by atoms with Gasteiger partial charge in [-0.05, 0) is 30.7 Å². The standard InChI is InChI=1S/C20H19N5/c1-15-23-18-10-12-25(14-16-7-3-2-4-8-16)19(18)20(24-15)22-13-17-9-5-6-11-21-17/h2-12H,13-14H2,1H3,(H,22,23,24). The molecule has 0 atom stereocenters. The summed E-state index contributed by atoms with van der Waals surface area (Å²) in [6, 6.07) is 18.3. The van der Waals surface area contributed by atoms with Crippen molar-refractivity contribution in [3.05, 3.63) is 84.1 Å². The van der Waals surface area contributed by atoms with Gasteiger partial charge in [0.15, 0.2) is 5.82 Å². The molecule has 0 bridgehead atoms. The molecule has 4 aromatic rings. The van der Waals surface area contributed by atoms with Gasteiger partial charge in [0.2, 0.25) is 0 Å². The highest BCUT2D eigenvalue weighted by molar-refractivity contribution is 5.86. The number of rotatable bonds is 5. The SMILES string of the molecule is Cc1nc(NCc2ccccn2)c2c(ccn2Cc2ccccc2)n1. The van der Waals surface area contributed by atoms with E-state index in [1.54, 1.807) is 6.20 Å². The Bertz CT molecular complexity index is 977. The van der Waals surface area contributed by atoms with E-state index < -0.39 is 0 Å². The highest BCUT2D eigenvalue weighted by Gasteiger charge is 2.11. The van der Waals surface area contributed by atoms with Gasteiger partial charge in [0, 0.05) is 18.9 Å². The topological polar surface area (TPSA) is 55.6 Å². The number of anilines is 1. The van der Waals surface area contributed by atoms with Gasteiger partial charge in [-0.15, -0.1) is 0 Å². The molecular formula is C20H19N5. The zero-order chi connectivity index (χ0) is 17.1. The number of fused-ring (bicyclic) bond motifs is 1. The maximum atomic E-state index is 4.62. The molecule has 0 spiro atoms. The van der Waals surface area contributed by atoms with Crippen LogP contribution < -0.4 is 5.32 Å². The van der Waals surface area contributed by atoms with E-state index in [9.17, 15) is 0 Å². The highest BCUT2D eigenvalue weighted by atomic mass is 15.1. The van der Waals surface area contributed by atoms with Crippen molar-refractivity contribution >= 4 is 16.9 Å².